The van der Waals surface area contributed by atoms with Crippen LogP contribution >= 0.6 is 0 Å². The fourth-order valence-electron chi connectivity index (χ4n) is 2.57. The second-order valence-corrected chi connectivity index (χ2v) is 5.74. The van der Waals surface area contributed by atoms with Crippen molar-refractivity contribution in [1.29, 1.82) is 5.26 Å². The summed E-state index contributed by atoms with van der Waals surface area (Å²) in [6.07, 6.45) is 1.69. The van der Waals surface area contributed by atoms with Gasteiger partial charge < -0.3 is 19.2 Å². The molecule has 1 aliphatic heterocycles. The van der Waals surface area contributed by atoms with Gasteiger partial charge in [0.05, 0.1) is 31.1 Å². The minimum atomic E-state index is 0.350. The van der Waals surface area contributed by atoms with Crippen molar-refractivity contribution in [2.24, 2.45) is 5.16 Å². The third-order valence-electron chi connectivity index (χ3n) is 3.97. The van der Waals surface area contributed by atoms with E-state index in [4.69, 9.17) is 19.6 Å². The molecule has 6 heteroatoms. The van der Waals surface area contributed by atoms with Crippen LogP contribution in [-0.2, 0) is 9.57 Å². The van der Waals surface area contributed by atoms with Gasteiger partial charge in [-0.2, -0.15) is 5.26 Å². The Morgan fingerprint density at radius 2 is 1.77 bits per heavy atom. The summed E-state index contributed by atoms with van der Waals surface area (Å²) >= 11 is 0. The van der Waals surface area contributed by atoms with E-state index < -0.39 is 0 Å². The lowest BCUT2D eigenvalue weighted by molar-refractivity contribution is 0.108. The molecule has 0 atom stereocenters. The summed E-state index contributed by atoms with van der Waals surface area (Å²) in [6.45, 7) is 4.15. The van der Waals surface area contributed by atoms with Gasteiger partial charge in [0.15, 0.2) is 6.61 Å². The van der Waals surface area contributed by atoms with E-state index in [1.54, 1.807) is 30.5 Å². The summed E-state index contributed by atoms with van der Waals surface area (Å²) in [4.78, 5) is 7.52. The number of oxime groups is 1. The first-order valence-electron chi connectivity index (χ1n) is 8.56. The van der Waals surface area contributed by atoms with E-state index >= 15 is 0 Å². The van der Waals surface area contributed by atoms with E-state index in [1.807, 2.05) is 12.1 Å². The predicted molar refractivity (Wildman–Crippen MR) is 99.7 cm³/mol. The highest BCUT2D eigenvalue weighted by atomic mass is 16.6. The van der Waals surface area contributed by atoms with Crippen molar-refractivity contribution < 1.29 is 14.3 Å². The number of hydrogen-bond acceptors (Lipinski definition) is 6. The molecule has 6 nitrogen and oxygen atoms in total. The largest absolute Gasteiger partial charge is 0.490 e. The Kier molecular flexibility index (Phi) is 6.46. The molecule has 1 saturated heterocycles. The molecule has 26 heavy (non-hydrogen) atoms. The van der Waals surface area contributed by atoms with Gasteiger partial charge in [-0.1, -0.05) is 17.3 Å². The van der Waals surface area contributed by atoms with Crippen LogP contribution in [0.15, 0.2) is 53.7 Å². The number of benzene rings is 2. The van der Waals surface area contributed by atoms with Crippen LogP contribution in [0.25, 0.3) is 0 Å². The summed E-state index contributed by atoms with van der Waals surface area (Å²) in [6, 6.07) is 17.2. The molecule has 1 fully saturated rings. The first kappa shape index (κ1) is 17.8. The van der Waals surface area contributed by atoms with Crippen molar-refractivity contribution in [2.75, 3.05) is 44.4 Å². The second-order valence-electron chi connectivity index (χ2n) is 5.74. The fourth-order valence-corrected chi connectivity index (χ4v) is 2.57. The summed E-state index contributed by atoms with van der Waals surface area (Å²) < 4.78 is 10.9. The maximum Gasteiger partial charge on any atom is 0.151 e. The number of hydrogen-bond donors (Lipinski definition) is 0. The van der Waals surface area contributed by atoms with E-state index in [0.29, 0.717) is 24.5 Å². The van der Waals surface area contributed by atoms with Gasteiger partial charge in [-0.25, -0.2) is 0 Å². The molecular formula is C20H21N3O3. The molecule has 0 bridgehead atoms. The molecule has 2 aromatic carbocycles. The molecule has 0 amide bonds. The van der Waals surface area contributed by atoms with Crippen LogP contribution < -0.4 is 9.64 Å². The molecular weight excluding hydrogens is 330 g/mol. The average Bonchev–Trinajstić information content (AvgIpc) is 2.72. The number of ether oxygens (including phenoxy) is 2. The van der Waals surface area contributed by atoms with Crippen LogP contribution in [0.1, 0.15) is 11.1 Å². The van der Waals surface area contributed by atoms with Crippen LogP contribution in [-0.4, -0.2) is 45.7 Å². The zero-order valence-corrected chi connectivity index (χ0v) is 14.5. The molecule has 0 spiro atoms. The molecule has 0 unspecified atom stereocenters. The van der Waals surface area contributed by atoms with Crippen LogP contribution in [0.5, 0.6) is 5.75 Å². The molecule has 0 radical (unpaired) electrons. The van der Waals surface area contributed by atoms with Crippen molar-refractivity contribution in [2.45, 2.75) is 0 Å². The van der Waals surface area contributed by atoms with Gasteiger partial charge in [-0.15, -0.1) is 0 Å². The van der Waals surface area contributed by atoms with Gasteiger partial charge in [0.2, 0.25) is 0 Å². The molecule has 0 aromatic heterocycles. The van der Waals surface area contributed by atoms with Gasteiger partial charge in [0.25, 0.3) is 0 Å². The van der Waals surface area contributed by atoms with Gasteiger partial charge in [0.1, 0.15) is 12.4 Å². The van der Waals surface area contributed by atoms with E-state index in [0.717, 1.165) is 31.9 Å². The maximum absolute atomic E-state index is 8.74. The van der Waals surface area contributed by atoms with Crippen molar-refractivity contribution in [3.8, 4) is 11.8 Å². The molecule has 0 N–H and O–H groups in total. The van der Waals surface area contributed by atoms with Gasteiger partial charge >= 0.3 is 0 Å². The standard InChI is InChI=1S/C20H21N3O3/c21-15-17-3-7-20(8-4-17)25-13-14-26-22-16-18-1-5-19(6-2-18)23-9-11-24-12-10-23/h1-8,16H,9-14H2/b22-16+. The zero-order chi connectivity index (χ0) is 18.0. The average molecular weight is 351 g/mol. The highest BCUT2D eigenvalue weighted by Gasteiger charge is 2.10. The fraction of sp³-hybridized carbons (Fsp3) is 0.300. The molecule has 1 heterocycles. The predicted octanol–water partition coefficient (Wildman–Crippen LogP) is 2.82. The van der Waals surface area contributed by atoms with Crippen molar-refractivity contribution >= 4 is 11.9 Å². The Labute approximate surface area is 153 Å². The van der Waals surface area contributed by atoms with E-state index in [1.165, 1.54) is 5.69 Å². The lowest BCUT2D eigenvalue weighted by atomic mass is 10.2. The van der Waals surface area contributed by atoms with Crippen molar-refractivity contribution in [1.82, 2.24) is 0 Å². The van der Waals surface area contributed by atoms with Crippen LogP contribution in [0.2, 0.25) is 0 Å². The monoisotopic (exact) mass is 351 g/mol. The summed E-state index contributed by atoms with van der Waals surface area (Å²) in [5.74, 6) is 0.704. The van der Waals surface area contributed by atoms with Crippen LogP contribution in [0.3, 0.4) is 0 Å². The molecule has 3 rings (SSSR count). The Morgan fingerprint density at radius 1 is 1.04 bits per heavy atom. The van der Waals surface area contributed by atoms with Gasteiger partial charge in [0, 0.05) is 18.8 Å². The SMILES string of the molecule is N#Cc1ccc(OCCO/N=C/c2ccc(N3CCOCC3)cc2)cc1. The van der Waals surface area contributed by atoms with Crippen molar-refractivity contribution in [3.63, 3.8) is 0 Å². The topological polar surface area (TPSA) is 67.1 Å². The first-order valence-corrected chi connectivity index (χ1v) is 8.56. The second kappa shape index (κ2) is 9.44. The highest BCUT2D eigenvalue weighted by molar-refractivity contribution is 5.79. The quantitative estimate of drug-likeness (QED) is 0.436. The van der Waals surface area contributed by atoms with E-state index in [9.17, 15) is 0 Å². The normalized spacial score (nSPS) is 14.2. The Morgan fingerprint density at radius 3 is 2.46 bits per heavy atom. The third-order valence-corrected chi connectivity index (χ3v) is 3.97. The zero-order valence-electron chi connectivity index (χ0n) is 14.5. The Bertz CT molecular complexity index is 745. The Balaban J connectivity index is 1.37. The van der Waals surface area contributed by atoms with Crippen LogP contribution in [0, 0.1) is 11.3 Å². The molecule has 0 aliphatic carbocycles. The third kappa shape index (κ3) is 5.23. The minimum absolute atomic E-state index is 0.350. The molecule has 1 aliphatic rings. The molecule has 0 saturated carbocycles. The van der Waals surface area contributed by atoms with Crippen LogP contribution in [0.4, 0.5) is 5.69 Å². The number of nitrogens with zero attached hydrogens (tertiary/aromatic N) is 3. The molecule has 134 valence electrons. The smallest absolute Gasteiger partial charge is 0.151 e. The summed E-state index contributed by atoms with van der Waals surface area (Å²) in [5, 5.41) is 12.7. The number of morpholine rings is 1. The minimum Gasteiger partial charge on any atom is -0.490 e. The summed E-state index contributed by atoms with van der Waals surface area (Å²) in [5.41, 5.74) is 2.79. The number of anilines is 1. The van der Waals surface area contributed by atoms with Gasteiger partial charge in [-0.3, -0.25) is 0 Å². The highest BCUT2D eigenvalue weighted by Crippen LogP contribution is 2.16. The number of nitriles is 1. The van der Waals surface area contributed by atoms with Gasteiger partial charge in [-0.05, 0) is 42.0 Å². The van der Waals surface area contributed by atoms with E-state index in [2.05, 4.69) is 28.3 Å². The lowest BCUT2D eigenvalue weighted by Crippen LogP contribution is -2.36. The first-order chi connectivity index (χ1) is 12.8. The summed E-state index contributed by atoms with van der Waals surface area (Å²) in [7, 11) is 0. The lowest BCUT2D eigenvalue weighted by Gasteiger charge is -2.28. The number of rotatable bonds is 7. The van der Waals surface area contributed by atoms with Crippen molar-refractivity contribution in [3.05, 3.63) is 59.7 Å². The molecule has 2 aromatic rings. The Hall–Kier alpha value is -3.04. The van der Waals surface area contributed by atoms with E-state index in [-0.39, 0.29) is 0 Å². The maximum atomic E-state index is 8.74.